The molecule has 94 valence electrons. The van der Waals surface area contributed by atoms with Crippen molar-refractivity contribution in [2.45, 2.75) is 38.6 Å². The van der Waals surface area contributed by atoms with E-state index in [-0.39, 0.29) is 18.4 Å². The van der Waals surface area contributed by atoms with Crippen molar-refractivity contribution in [2.75, 3.05) is 26.7 Å². The molecule has 1 aliphatic rings. The lowest BCUT2D eigenvalue weighted by molar-refractivity contribution is -0.137. The SMILES string of the molecule is CNCC(C)C(=O)N(CCO)C1CCCC1. The Kier molecular flexibility index (Phi) is 5.77. The van der Waals surface area contributed by atoms with Crippen molar-refractivity contribution < 1.29 is 9.90 Å². The van der Waals surface area contributed by atoms with E-state index in [1.165, 1.54) is 12.8 Å². The fourth-order valence-electron chi connectivity index (χ4n) is 2.47. The molecule has 4 nitrogen and oxygen atoms in total. The summed E-state index contributed by atoms with van der Waals surface area (Å²) in [4.78, 5) is 14.1. The summed E-state index contributed by atoms with van der Waals surface area (Å²) in [7, 11) is 1.86. The molecule has 2 N–H and O–H groups in total. The van der Waals surface area contributed by atoms with Gasteiger partial charge in [0.2, 0.25) is 5.91 Å². The standard InChI is InChI=1S/C12H24N2O2/c1-10(9-13-2)12(16)14(7-8-15)11-5-3-4-6-11/h10-11,13,15H,3-9H2,1-2H3. The molecule has 0 bridgehead atoms. The van der Waals surface area contributed by atoms with Crippen LogP contribution in [0.1, 0.15) is 32.6 Å². The van der Waals surface area contributed by atoms with Gasteiger partial charge in [-0.05, 0) is 19.9 Å². The van der Waals surface area contributed by atoms with Crippen LogP contribution in [-0.2, 0) is 4.79 Å². The summed E-state index contributed by atoms with van der Waals surface area (Å²) in [6.07, 6.45) is 4.61. The van der Waals surface area contributed by atoms with Crippen LogP contribution in [0.2, 0.25) is 0 Å². The van der Waals surface area contributed by atoms with Crippen molar-refractivity contribution in [3.8, 4) is 0 Å². The highest BCUT2D eigenvalue weighted by Crippen LogP contribution is 2.24. The summed E-state index contributed by atoms with van der Waals surface area (Å²) >= 11 is 0. The van der Waals surface area contributed by atoms with Crippen LogP contribution in [0.3, 0.4) is 0 Å². The van der Waals surface area contributed by atoms with E-state index >= 15 is 0 Å². The molecule has 16 heavy (non-hydrogen) atoms. The van der Waals surface area contributed by atoms with Crippen molar-refractivity contribution in [1.29, 1.82) is 0 Å². The van der Waals surface area contributed by atoms with E-state index in [0.29, 0.717) is 19.1 Å². The van der Waals surface area contributed by atoms with Crippen molar-refractivity contribution >= 4 is 5.91 Å². The quantitative estimate of drug-likeness (QED) is 0.700. The van der Waals surface area contributed by atoms with Crippen LogP contribution >= 0.6 is 0 Å². The first kappa shape index (κ1) is 13.5. The number of nitrogens with zero attached hydrogens (tertiary/aromatic N) is 1. The summed E-state index contributed by atoms with van der Waals surface area (Å²) in [5.74, 6) is 0.174. The molecule has 0 radical (unpaired) electrons. The van der Waals surface area contributed by atoms with Gasteiger partial charge in [0.15, 0.2) is 0 Å². The third kappa shape index (κ3) is 3.46. The molecule has 0 aromatic carbocycles. The summed E-state index contributed by atoms with van der Waals surface area (Å²) in [6.45, 7) is 3.19. The van der Waals surface area contributed by atoms with E-state index in [0.717, 1.165) is 12.8 Å². The van der Waals surface area contributed by atoms with Gasteiger partial charge >= 0.3 is 0 Å². The van der Waals surface area contributed by atoms with Gasteiger partial charge in [0.1, 0.15) is 0 Å². The fraction of sp³-hybridized carbons (Fsp3) is 0.917. The van der Waals surface area contributed by atoms with Gasteiger partial charge in [0, 0.05) is 25.0 Å². The predicted molar refractivity (Wildman–Crippen MR) is 64.1 cm³/mol. The van der Waals surface area contributed by atoms with Gasteiger partial charge < -0.3 is 15.3 Å². The largest absolute Gasteiger partial charge is 0.395 e. The average Bonchev–Trinajstić information content (AvgIpc) is 2.78. The molecule has 4 heteroatoms. The highest BCUT2D eigenvalue weighted by molar-refractivity contribution is 5.79. The molecule has 1 aliphatic carbocycles. The van der Waals surface area contributed by atoms with Gasteiger partial charge in [-0.3, -0.25) is 4.79 Å². The van der Waals surface area contributed by atoms with Gasteiger partial charge in [-0.15, -0.1) is 0 Å². The number of hydrogen-bond donors (Lipinski definition) is 2. The number of carbonyl (C=O) groups is 1. The molecule has 0 aliphatic heterocycles. The van der Waals surface area contributed by atoms with Crippen LogP contribution in [-0.4, -0.2) is 48.7 Å². The highest BCUT2D eigenvalue weighted by atomic mass is 16.3. The Morgan fingerprint density at radius 3 is 2.62 bits per heavy atom. The smallest absolute Gasteiger partial charge is 0.227 e. The van der Waals surface area contributed by atoms with Crippen LogP contribution in [0.15, 0.2) is 0 Å². The Labute approximate surface area is 98.0 Å². The van der Waals surface area contributed by atoms with E-state index < -0.39 is 0 Å². The molecule has 0 aromatic rings. The van der Waals surface area contributed by atoms with E-state index in [4.69, 9.17) is 5.11 Å². The number of carbonyl (C=O) groups excluding carboxylic acids is 1. The molecular formula is C12H24N2O2. The van der Waals surface area contributed by atoms with Crippen molar-refractivity contribution in [2.24, 2.45) is 5.92 Å². The lowest BCUT2D eigenvalue weighted by atomic mass is 10.1. The molecule has 0 heterocycles. The van der Waals surface area contributed by atoms with Crippen LogP contribution in [0.25, 0.3) is 0 Å². The second-order valence-electron chi connectivity index (χ2n) is 4.65. The Bertz CT molecular complexity index is 215. The Morgan fingerprint density at radius 1 is 1.50 bits per heavy atom. The van der Waals surface area contributed by atoms with Crippen molar-refractivity contribution in [3.63, 3.8) is 0 Å². The Hall–Kier alpha value is -0.610. The van der Waals surface area contributed by atoms with E-state index in [9.17, 15) is 4.79 Å². The summed E-state index contributed by atoms with van der Waals surface area (Å²) in [5.41, 5.74) is 0. The van der Waals surface area contributed by atoms with E-state index in [1.807, 2.05) is 18.9 Å². The number of aliphatic hydroxyl groups is 1. The minimum absolute atomic E-state index is 0.00264. The third-order valence-corrected chi connectivity index (χ3v) is 3.32. The molecule has 1 amide bonds. The van der Waals surface area contributed by atoms with E-state index in [1.54, 1.807) is 0 Å². The van der Waals surface area contributed by atoms with Gasteiger partial charge in [-0.1, -0.05) is 19.8 Å². The molecule has 1 fully saturated rings. The Balaban J connectivity index is 2.56. The molecule has 0 spiro atoms. The van der Waals surface area contributed by atoms with Crippen molar-refractivity contribution in [1.82, 2.24) is 10.2 Å². The Morgan fingerprint density at radius 2 is 2.12 bits per heavy atom. The minimum Gasteiger partial charge on any atom is -0.395 e. The number of nitrogens with one attached hydrogen (secondary N) is 1. The van der Waals surface area contributed by atoms with Gasteiger partial charge in [0.05, 0.1) is 6.61 Å². The number of amides is 1. The van der Waals surface area contributed by atoms with Crippen LogP contribution < -0.4 is 5.32 Å². The topological polar surface area (TPSA) is 52.6 Å². The molecule has 1 atom stereocenters. The summed E-state index contributed by atoms with van der Waals surface area (Å²) < 4.78 is 0. The second kappa shape index (κ2) is 6.86. The fourth-order valence-corrected chi connectivity index (χ4v) is 2.47. The third-order valence-electron chi connectivity index (χ3n) is 3.32. The zero-order valence-corrected chi connectivity index (χ0v) is 10.4. The zero-order chi connectivity index (χ0) is 12.0. The molecule has 0 aromatic heterocycles. The van der Waals surface area contributed by atoms with Gasteiger partial charge in [0.25, 0.3) is 0 Å². The first-order valence-corrected chi connectivity index (χ1v) is 6.26. The van der Waals surface area contributed by atoms with Gasteiger partial charge in [-0.25, -0.2) is 0 Å². The zero-order valence-electron chi connectivity index (χ0n) is 10.4. The number of aliphatic hydroxyl groups excluding tert-OH is 1. The predicted octanol–water partition coefficient (Wildman–Crippen LogP) is 0.605. The lowest BCUT2D eigenvalue weighted by Gasteiger charge is -2.30. The number of hydrogen-bond acceptors (Lipinski definition) is 3. The monoisotopic (exact) mass is 228 g/mol. The van der Waals surface area contributed by atoms with E-state index in [2.05, 4.69) is 5.32 Å². The second-order valence-corrected chi connectivity index (χ2v) is 4.65. The van der Waals surface area contributed by atoms with Crippen LogP contribution in [0, 0.1) is 5.92 Å². The molecule has 1 saturated carbocycles. The normalized spacial score (nSPS) is 18.7. The van der Waals surface area contributed by atoms with Crippen molar-refractivity contribution in [3.05, 3.63) is 0 Å². The highest BCUT2D eigenvalue weighted by Gasteiger charge is 2.28. The molecule has 1 unspecified atom stereocenters. The number of rotatable bonds is 6. The van der Waals surface area contributed by atoms with Crippen LogP contribution in [0.4, 0.5) is 0 Å². The first-order chi connectivity index (χ1) is 7.70. The molecule has 0 saturated heterocycles. The average molecular weight is 228 g/mol. The first-order valence-electron chi connectivity index (χ1n) is 6.26. The minimum atomic E-state index is -0.00264. The van der Waals surface area contributed by atoms with Gasteiger partial charge in [-0.2, -0.15) is 0 Å². The molecular weight excluding hydrogens is 204 g/mol. The maximum atomic E-state index is 12.2. The van der Waals surface area contributed by atoms with Crippen LogP contribution in [0.5, 0.6) is 0 Å². The summed E-state index contributed by atoms with van der Waals surface area (Å²) in [5, 5.41) is 12.1. The molecule has 1 rings (SSSR count). The maximum absolute atomic E-state index is 12.2. The maximum Gasteiger partial charge on any atom is 0.227 e. The summed E-state index contributed by atoms with van der Waals surface area (Å²) in [6, 6.07) is 0.360. The lowest BCUT2D eigenvalue weighted by Crippen LogP contribution is -2.45.